The van der Waals surface area contributed by atoms with Gasteiger partial charge in [0, 0.05) is 4.90 Å². The summed E-state index contributed by atoms with van der Waals surface area (Å²) in [5.41, 5.74) is 1.40. The van der Waals surface area contributed by atoms with Gasteiger partial charge in [0.1, 0.15) is 0 Å². The first-order valence-electron chi connectivity index (χ1n) is 3.25. The lowest BCUT2D eigenvalue weighted by atomic mass is 10.2. The Balaban J connectivity index is 2.42. The van der Waals surface area contributed by atoms with Crippen LogP contribution in [0.25, 0.3) is 0 Å². The molecule has 0 spiro atoms. The van der Waals surface area contributed by atoms with Crippen molar-refractivity contribution in [2.45, 2.75) is 16.0 Å². The number of alkyl halides is 1. The van der Waals surface area contributed by atoms with Gasteiger partial charge in [-0.15, -0.1) is 23.4 Å². The number of halogens is 1. The van der Waals surface area contributed by atoms with Crippen LogP contribution in [0.15, 0.2) is 29.2 Å². The molecule has 1 heterocycles. The van der Waals surface area contributed by atoms with Crippen molar-refractivity contribution in [1.82, 2.24) is 0 Å². The monoisotopic (exact) mass is 170 g/mol. The first kappa shape index (κ1) is 6.56. The van der Waals surface area contributed by atoms with E-state index >= 15 is 0 Å². The van der Waals surface area contributed by atoms with E-state index < -0.39 is 0 Å². The van der Waals surface area contributed by atoms with Gasteiger partial charge in [-0.3, -0.25) is 0 Å². The number of thioether (sulfide) groups is 1. The van der Waals surface area contributed by atoms with Crippen LogP contribution >= 0.6 is 23.4 Å². The zero-order chi connectivity index (χ0) is 6.97. The van der Waals surface area contributed by atoms with Gasteiger partial charge in [0.2, 0.25) is 0 Å². The lowest BCUT2D eigenvalue weighted by molar-refractivity contribution is 1.10. The maximum Gasteiger partial charge on any atom is 0.0876 e. The van der Waals surface area contributed by atoms with Gasteiger partial charge in [-0.05, 0) is 18.1 Å². The Hall–Kier alpha value is -0.140. The minimum Gasteiger partial charge on any atom is -0.110 e. The van der Waals surface area contributed by atoms with E-state index in [-0.39, 0.29) is 4.71 Å². The molecule has 0 amide bonds. The molecule has 1 aromatic carbocycles. The molecule has 0 nitrogen and oxygen atoms in total. The van der Waals surface area contributed by atoms with Gasteiger partial charge >= 0.3 is 0 Å². The summed E-state index contributed by atoms with van der Waals surface area (Å²) in [5, 5.41) is 0. The molecule has 10 heavy (non-hydrogen) atoms. The van der Waals surface area contributed by atoms with Crippen LogP contribution < -0.4 is 0 Å². The molecule has 0 fully saturated rings. The van der Waals surface area contributed by atoms with Crippen molar-refractivity contribution in [3.05, 3.63) is 29.8 Å². The molecular weight excluding hydrogens is 164 g/mol. The van der Waals surface area contributed by atoms with Crippen molar-refractivity contribution in [3.63, 3.8) is 0 Å². The first-order valence-corrected chi connectivity index (χ1v) is 4.56. The van der Waals surface area contributed by atoms with E-state index in [1.54, 1.807) is 11.8 Å². The van der Waals surface area contributed by atoms with Crippen LogP contribution in [0.1, 0.15) is 5.56 Å². The zero-order valence-electron chi connectivity index (χ0n) is 5.38. The number of rotatable bonds is 0. The maximum atomic E-state index is 5.94. The standard InChI is InChI=1S/C8H7ClS/c9-8-5-6-3-1-2-4-7(6)10-8/h1-4,8H,5H2. The van der Waals surface area contributed by atoms with Crippen LogP contribution in [-0.2, 0) is 6.42 Å². The minimum atomic E-state index is 0.261. The smallest absolute Gasteiger partial charge is 0.0876 e. The lowest BCUT2D eigenvalue weighted by Crippen LogP contribution is -1.86. The predicted molar refractivity (Wildman–Crippen MR) is 45.6 cm³/mol. The molecule has 0 aliphatic carbocycles. The van der Waals surface area contributed by atoms with Gasteiger partial charge in [0.05, 0.1) is 4.71 Å². The summed E-state index contributed by atoms with van der Waals surface area (Å²) in [6.45, 7) is 0. The van der Waals surface area contributed by atoms with Crippen molar-refractivity contribution in [1.29, 1.82) is 0 Å². The maximum absolute atomic E-state index is 5.94. The van der Waals surface area contributed by atoms with E-state index in [0.29, 0.717) is 0 Å². The van der Waals surface area contributed by atoms with E-state index in [0.717, 1.165) is 6.42 Å². The van der Waals surface area contributed by atoms with Crippen LogP contribution in [0.5, 0.6) is 0 Å². The van der Waals surface area contributed by atoms with Crippen molar-refractivity contribution in [2.24, 2.45) is 0 Å². The number of hydrogen-bond acceptors (Lipinski definition) is 1. The Bertz CT molecular complexity index is 222. The Kier molecular flexibility index (Phi) is 1.63. The average Bonchev–Trinajstić information content (AvgIpc) is 2.27. The Morgan fingerprint density at radius 2 is 2.20 bits per heavy atom. The molecule has 1 aromatic rings. The fourth-order valence-electron chi connectivity index (χ4n) is 1.14. The second-order valence-corrected chi connectivity index (χ2v) is 4.37. The Labute approximate surface area is 69.6 Å². The second-order valence-electron chi connectivity index (χ2n) is 2.34. The molecule has 0 saturated heterocycles. The Morgan fingerprint density at radius 3 is 3.00 bits per heavy atom. The normalized spacial score (nSPS) is 22.7. The molecule has 0 aromatic heterocycles. The Morgan fingerprint density at radius 1 is 1.40 bits per heavy atom. The molecule has 1 aliphatic rings. The zero-order valence-corrected chi connectivity index (χ0v) is 6.95. The van der Waals surface area contributed by atoms with Gasteiger partial charge in [0.25, 0.3) is 0 Å². The van der Waals surface area contributed by atoms with Crippen LogP contribution in [0.4, 0.5) is 0 Å². The third kappa shape index (κ3) is 1.04. The summed E-state index contributed by atoms with van der Waals surface area (Å²) in [6.07, 6.45) is 1.02. The average molecular weight is 171 g/mol. The summed E-state index contributed by atoms with van der Waals surface area (Å²) in [4.78, 5) is 1.35. The van der Waals surface area contributed by atoms with Crippen LogP contribution in [0, 0.1) is 0 Å². The highest BCUT2D eigenvalue weighted by Crippen LogP contribution is 2.38. The van der Waals surface area contributed by atoms with E-state index in [1.807, 2.05) is 0 Å². The van der Waals surface area contributed by atoms with Crippen LogP contribution in [-0.4, -0.2) is 4.71 Å². The topological polar surface area (TPSA) is 0 Å². The molecule has 0 bridgehead atoms. The van der Waals surface area contributed by atoms with E-state index in [2.05, 4.69) is 24.3 Å². The van der Waals surface area contributed by atoms with Crippen molar-refractivity contribution in [3.8, 4) is 0 Å². The number of hydrogen-bond donors (Lipinski definition) is 0. The minimum absolute atomic E-state index is 0.261. The van der Waals surface area contributed by atoms with Crippen LogP contribution in [0.2, 0.25) is 0 Å². The van der Waals surface area contributed by atoms with Gasteiger partial charge in [0.15, 0.2) is 0 Å². The molecule has 52 valence electrons. The van der Waals surface area contributed by atoms with E-state index in [1.165, 1.54) is 10.5 Å². The van der Waals surface area contributed by atoms with Gasteiger partial charge < -0.3 is 0 Å². The van der Waals surface area contributed by atoms with Gasteiger partial charge in [-0.25, -0.2) is 0 Å². The SMILES string of the molecule is ClC1Cc2ccccc2S1. The highest BCUT2D eigenvalue weighted by Gasteiger charge is 2.18. The molecule has 2 rings (SSSR count). The summed E-state index contributed by atoms with van der Waals surface area (Å²) in [6, 6.07) is 8.39. The molecule has 2 heteroatoms. The summed E-state index contributed by atoms with van der Waals surface area (Å²) in [5.74, 6) is 0. The number of fused-ring (bicyclic) bond motifs is 1. The molecule has 1 atom stereocenters. The van der Waals surface area contributed by atoms with E-state index in [4.69, 9.17) is 11.6 Å². The molecule has 0 saturated carbocycles. The molecule has 1 aliphatic heterocycles. The summed E-state index contributed by atoms with van der Waals surface area (Å²) < 4.78 is 0.261. The van der Waals surface area contributed by atoms with Crippen molar-refractivity contribution < 1.29 is 0 Å². The molecule has 0 radical (unpaired) electrons. The number of benzene rings is 1. The van der Waals surface area contributed by atoms with Crippen LogP contribution in [0.3, 0.4) is 0 Å². The van der Waals surface area contributed by atoms with Crippen molar-refractivity contribution in [2.75, 3.05) is 0 Å². The highest BCUT2D eigenvalue weighted by atomic mass is 35.5. The third-order valence-corrected chi connectivity index (χ3v) is 3.10. The predicted octanol–water partition coefficient (Wildman–Crippen LogP) is 2.90. The summed E-state index contributed by atoms with van der Waals surface area (Å²) >= 11 is 7.70. The molecular formula is C8H7ClS. The molecule has 0 N–H and O–H groups in total. The highest BCUT2D eigenvalue weighted by molar-refractivity contribution is 8.01. The third-order valence-electron chi connectivity index (χ3n) is 1.61. The van der Waals surface area contributed by atoms with E-state index in [9.17, 15) is 0 Å². The van der Waals surface area contributed by atoms with Gasteiger partial charge in [-0.1, -0.05) is 18.2 Å². The van der Waals surface area contributed by atoms with Crippen molar-refractivity contribution >= 4 is 23.4 Å². The first-order chi connectivity index (χ1) is 4.86. The summed E-state index contributed by atoms with van der Waals surface area (Å²) in [7, 11) is 0. The fourth-order valence-corrected chi connectivity index (χ4v) is 2.59. The quantitative estimate of drug-likeness (QED) is 0.540. The van der Waals surface area contributed by atoms with Gasteiger partial charge in [-0.2, -0.15) is 0 Å². The fraction of sp³-hybridized carbons (Fsp3) is 0.250. The second kappa shape index (κ2) is 2.48. The molecule has 1 unspecified atom stereocenters. The lowest BCUT2D eigenvalue weighted by Gasteiger charge is -1.91. The largest absolute Gasteiger partial charge is 0.110 e.